The molecule has 1 aromatic carbocycles. The number of hydrogen-bond acceptors (Lipinski definition) is 3. The van der Waals surface area contributed by atoms with Crippen LogP contribution < -0.4 is 5.32 Å². The predicted octanol–water partition coefficient (Wildman–Crippen LogP) is 3.69. The number of rotatable bonds is 6. The van der Waals surface area contributed by atoms with Crippen molar-refractivity contribution in [3.8, 4) is 0 Å². The molecule has 0 bridgehead atoms. The molecule has 4 heteroatoms. The van der Waals surface area contributed by atoms with Crippen LogP contribution in [0.3, 0.4) is 0 Å². The first-order valence-corrected chi connectivity index (χ1v) is 6.62. The van der Waals surface area contributed by atoms with Crippen LogP contribution in [-0.2, 0) is 0 Å². The molecule has 1 N–H and O–H groups in total. The van der Waals surface area contributed by atoms with Crippen LogP contribution in [0.25, 0.3) is 6.08 Å². The number of nitro benzene ring substituents is 1. The molecule has 4 nitrogen and oxygen atoms in total. The van der Waals surface area contributed by atoms with E-state index >= 15 is 0 Å². The number of benzene rings is 1. The summed E-state index contributed by atoms with van der Waals surface area (Å²) >= 11 is 0. The Morgan fingerprint density at radius 2 is 2.21 bits per heavy atom. The molecule has 0 aliphatic rings. The zero-order valence-electron chi connectivity index (χ0n) is 12.1. The first kappa shape index (κ1) is 15.4. The van der Waals surface area contributed by atoms with Crippen LogP contribution in [0.15, 0.2) is 23.8 Å². The second-order valence-corrected chi connectivity index (χ2v) is 4.87. The van der Waals surface area contributed by atoms with Gasteiger partial charge in [0.1, 0.15) is 0 Å². The average molecular weight is 262 g/mol. The Kier molecular flexibility index (Phi) is 5.70. The molecule has 0 saturated heterocycles. The van der Waals surface area contributed by atoms with Crippen molar-refractivity contribution in [3.05, 3.63) is 45.0 Å². The average Bonchev–Trinajstić information content (AvgIpc) is 2.37. The van der Waals surface area contributed by atoms with Crippen molar-refractivity contribution in [3.63, 3.8) is 0 Å². The highest BCUT2D eigenvalue weighted by Crippen LogP contribution is 2.21. The van der Waals surface area contributed by atoms with E-state index in [1.807, 2.05) is 19.1 Å². The van der Waals surface area contributed by atoms with Gasteiger partial charge in [0, 0.05) is 17.7 Å². The Bertz CT molecular complexity index is 481. The summed E-state index contributed by atoms with van der Waals surface area (Å²) in [4.78, 5) is 10.6. The topological polar surface area (TPSA) is 55.2 Å². The van der Waals surface area contributed by atoms with Gasteiger partial charge in [-0.2, -0.15) is 0 Å². The van der Waals surface area contributed by atoms with Gasteiger partial charge in [0.15, 0.2) is 0 Å². The molecule has 1 aromatic rings. The van der Waals surface area contributed by atoms with Crippen molar-refractivity contribution < 1.29 is 4.92 Å². The van der Waals surface area contributed by atoms with Crippen LogP contribution in [0.2, 0.25) is 0 Å². The van der Waals surface area contributed by atoms with Crippen molar-refractivity contribution in [2.75, 3.05) is 6.54 Å². The molecule has 1 rings (SSSR count). The van der Waals surface area contributed by atoms with Crippen molar-refractivity contribution >= 4 is 11.8 Å². The van der Waals surface area contributed by atoms with Crippen LogP contribution in [0.1, 0.15) is 38.3 Å². The number of nitro groups is 1. The molecule has 0 amide bonds. The summed E-state index contributed by atoms with van der Waals surface area (Å²) in [6.07, 6.45) is 3.09. The third kappa shape index (κ3) is 4.48. The highest BCUT2D eigenvalue weighted by atomic mass is 16.6. The van der Waals surface area contributed by atoms with Crippen LogP contribution in [0, 0.1) is 17.0 Å². The highest BCUT2D eigenvalue weighted by Gasteiger charge is 2.10. The van der Waals surface area contributed by atoms with Crippen molar-refractivity contribution in [2.24, 2.45) is 0 Å². The van der Waals surface area contributed by atoms with Gasteiger partial charge >= 0.3 is 0 Å². The Balaban J connectivity index is 2.92. The molecule has 0 aromatic heterocycles. The van der Waals surface area contributed by atoms with E-state index in [4.69, 9.17) is 0 Å². The number of hydrogen-bond donors (Lipinski definition) is 1. The maximum absolute atomic E-state index is 10.9. The zero-order valence-corrected chi connectivity index (χ0v) is 12.1. The molecule has 0 aliphatic carbocycles. The van der Waals surface area contributed by atoms with Crippen LogP contribution in [0.5, 0.6) is 0 Å². The fourth-order valence-corrected chi connectivity index (χ4v) is 1.82. The predicted molar refractivity (Wildman–Crippen MR) is 79.2 cm³/mol. The lowest BCUT2D eigenvalue weighted by molar-refractivity contribution is -0.385. The molecule has 1 atom stereocenters. The molecule has 19 heavy (non-hydrogen) atoms. The molecule has 0 saturated carbocycles. The number of nitrogens with zero attached hydrogens (tertiary/aromatic N) is 1. The summed E-state index contributed by atoms with van der Waals surface area (Å²) in [5.74, 6) is 0. The maximum atomic E-state index is 10.9. The largest absolute Gasteiger partial charge is 0.311 e. The fraction of sp³-hybridized carbons (Fsp3) is 0.467. The van der Waals surface area contributed by atoms with Gasteiger partial charge < -0.3 is 5.32 Å². The smallest absolute Gasteiger partial charge is 0.272 e. The third-order valence-electron chi connectivity index (χ3n) is 3.21. The minimum Gasteiger partial charge on any atom is -0.311 e. The number of aryl methyl sites for hydroxylation is 1. The monoisotopic (exact) mass is 262 g/mol. The van der Waals surface area contributed by atoms with Crippen LogP contribution in [-0.4, -0.2) is 17.5 Å². The van der Waals surface area contributed by atoms with E-state index in [-0.39, 0.29) is 16.7 Å². The molecule has 0 radical (unpaired) electrons. The lowest BCUT2D eigenvalue weighted by Crippen LogP contribution is -2.27. The molecule has 0 aliphatic heterocycles. The zero-order chi connectivity index (χ0) is 14.4. The molecule has 0 spiro atoms. The quantitative estimate of drug-likeness (QED) is 0.628. The maximum Gasteiger partial charge on any atom is 0.272 e. The normalized spacial score (nSPS) is 13.4. The minimum absolute atomic E-state index is 0.177. The van der Waals surface area contributed by atoms with E-state index in [0.29, 0.717) is 5.56 Å². The van der Waals surface area contributed by atoms with Gasteiger partial charge in [-0.1, -0.05) is 30.7 Å². The molecule has 0 heterocycles. The molecular formula is C15H22N2O2. The third-order valence-corrected chi connectivity index (χ3v) is 3.21. The van der Waals surface area contributed by atoms with Gasteiger partial charge in [0.05, 0.1) is 4.92 Å². The standard InChI is InChI=1S/C15H22N2O2/c1-5-8-16-13(4)12(3)9-14-7-6-11(2)15(10-14)17(18)19/h6-7,9-10,13,16H,5,8H2,1-4H3/b12-9+. The summed E-state index contributed by atoms with van der Waals surface area (Å²) < 4.78 is 0. The van der Waals surface area contributed by atoms with Crippen LogP contribution in [0.4, 0.5) is 5.69 Å². The highest BCUT2D eigenvalue weighted by molar-refractivity contribution is 5.58. The molecular weight excluding hydrogens is 240 g/mol. The summed E-state index contributed by atoms with van der Waals surface area (Å²) in [7, 11) is 0. The first-order chi connectivity index (χ1) is 8.95. The Labute approximate surface area is 114 Å². The minimum atomic E-state index is -0.333. The Morgan fingerprint density at radius 1 is 1.53 bits per heavy atom. The van der Waals surface area contributed by atoms with Crippen molar-refractivity contribution in [1.82, 2.24) is 5.32 Å². The van der Waals surface area contributed by atoms with Gasteiger partial charge in [-0.25, -0.2) is 0 Å². The van der Waals surface area contributed by atoms with Crippen molar-refractivity contribution in [2.45, 2.75) is 40.2 Å². The van der Waals surface area contributed by atoms with E-state index < -0.39 is 0 Å². The molecule has 0 fully saturated rings. The van der Waals surface area contributed by atoms with E-state index in [1.54, 1.807) is 19.1 Å². The second-order valence-electron chi connectivity index (χ2n) is 4.87. The van der Waals surface area contributed by atoms with Crippen molar-refractivity contribution in [1.29, 1.82) is 0 Å². The molecule has 1 unspecified atom stereocenters. The fourth-order valence-electron chi connectivity index (χ4n) is 1.82. The second kappa shape index (κ2) is 7.04. The summed E-state index contributed by atoms with van der Waals surface area (Å²) in [5, 5.41) is 14.3. The van der Waals surface area contributed by atoms with Gasteiger partial charge in [-0.15, -0.1) is 0 Å². The van der Waals surface area contributed by atoms with Gasteiger partial charge in [0.2, 0.25) is 0 Å². The van der Waals surface area contributed by atoms with E-state index in [1.165, 1.54) is 5.57 Å². The summed E-state index contributed by atoms with van der Waals surface area (Å²) in [5.41, 5.74) is 2.92. The van der Waals surface area contributed by atoms with E-state index in [2.05, 4.69) is 19.2 Å². The van der Waals surface area contributed by atoms with Gasteiger partial charge in [0.25, 0.3) is 5.69 Å². The van der Waals surface area contributed by atoms with Gasteiger partial charge in [-0.05, 0) is 39.3 Å². The Hall–Kier alpha value is -1.68. The first-order valence-electron chi connectivity index (χ1n) is 6.62. The summed E-state index contributed by atoms with van der Waals surface area (Å²) in [6.45, 7) is 9.00. The van der Waals surface area contributed by atoms with E-state index in [9.17, 15) is 10.1 Å². The summed E-state index contributed by atoms with van der Waals surface area (Å²) in [6, 6.07) is 5.62. The lowest BCUT2D eigenvalue weighted by atomic mass is 10.0. The van der Waals surface area contributed by atoms with E-state index in [0.717, 1.165) is 18.5 Å². The number of nitrogens with one attached hydrogen (secondary N) is 1. The SMILES string of the molecule is CCCNC(C)/C(C)=C/c1ccc(C)c([N+](=O)[O-])c1. The lowest BCUT2D eigenvalue weighted by Gasteiger charge is -2.14. The molecule has 104 valence electrons. The Morgan fingerprint density at radius 3 is 2.79 bits per heavy atom. The van der Waals surface area contributed by atoms with Gasteiger partial charge in [-0.3, -0.25) is 10.1 Å². The van der Waals surface area contributed by atoms with Crippen LogP contribution >= 0.6 is 0 Å².